The fourth-order valence-electron chi connectivity index (χ4n) is 10.8. The number of halogens is 2. The summed E-state index contributed by atoms with van der Waals surface area (Å²) in [7, 11) is 14.8. The first-order chi connectivity index (χ1) is 26.8. The Morgan fingerprint density at radius 3 is 1.28 bits per heavy atom. The van der Waals surface area contributed by atoms with E-state index in [1.54, 1.807) is 0 Å². The van der Waals surface area contributed by atoms with Crippen molar-refractivity contribution >= 4 is 50.6 Å². The van der Waals surface area contributed by atoms with Gasteiger partial charge >= 0.3 is 361 Å². The van der Waals surface area contributed by atoms with E-state index in [-0.39, 0.29) is 7.25 Å². The molecule has 0 aliphatic heterocycles. The number of aryl methyl sites for hydroxylation is 2. The molecule has 0 radical (unpaired) electrons. The molecule has 57 heavy (non-hydrogen) atoms. The van der Waals surface area contributed by atoms with Crippen molar-refractivity contribution in [1.82, 2.24) is 4.14 Å². The maximum atomic E-state index is 9.28. The molecule has 0 saturated carbocycles. The van der Waals surface area contributed by atoms with Gasteiger partial charge < -0.3 is 0 Å². The molecule has 2 atom stereocenters. The molecule has 0 N–H and O–H groups in total. The number of allylic oxidation sites excluding steroid dienone is 2. The second-order valence-electron chi connectivity index (χ2n) is 20.2. The second-order valence-corrected chi connectivity index (χ2v) is 52.4. The fraction of sp³-hybridized carbons (Fsp3) is 0.440. The maximum absolute atomic E-state index is 9.28. The summed E-state index contributed by atoms with van der Waals surface area (Å²) in [5.41, 5.74) is 16.6. The first-order valence-electron chi connectivity index (χ1n) is 22.0. The van der Waals surface area contributed by atoms with E-state index in [0.717, 1.165) is 43.5 Å². The standard InChI is InChI=1S/2C22H25.C6H19BNSi2.2ClH.Zr/c2*1-4-8-18-9-5-6-11-20(18)21-12-7-10-19-14-17(13-16(2)3)15-22(19)21;1-9(2,3)8(7)10(4,5)6;;;/h2*5-7,9-12,14-16H,4,8,13H2,1-3H3;7H,1-6H3;2*1H;/q;;+1;;;+1/p-2. The first-order valence-corrected chi connectivity index (χ1v) is 39.8. The Kier molecular flexibility index (Phi) is 13.6. The molecule has 4 aromatic carbocycles. The molecule has 1 nitrogen and oxygen atoms in total. The Hall–Kier alpha value is -1.72. The molecule has 0 aromatic heterocycles. The van der Waals surface area contributed by atoms with Crippen LogP contribution < -0.4 is 0 Å². The van der Waals surface area contributed by atoms with Gasteiger partial charge in [-0.25, -0.2) is 0 Å². The predicted octanol–water partition coefficient (Wildman–Crippen LogP) is 15.8. The molecule has 4 aromatic rings. The van der Waals surface area contributed by atoms with Gasteiger partial charge in [0.25, 0.3) is 0 Å². The second kappa shape index (κ2) is 17.3. The Bertz CT molecular complexity index is 2010. The van der Waals surface area contributed by atoms with Gasteiger partial charge in [-0.3, -0.25) is 0 Å². The van der Waals surface area contributed by atoms with Crippen LogP contribution in [0.25, 0.3) is 34.4 Å². The molecule has 0 spiro atoms. The van der Waals surface area contributed by atoms with E-state index in [1.165, 1.54) is 66.8 Å². The van der Waals surface area contributed by atoms with Crippen LogP contribution >= 0.6 is 17.0 Å². The van der Waals surface area contributed by atoms with Crippen molar-refractivity contribution in [3.63, 3.8) is 0 Å². The molecule has 6 rings (SSSR count). The van der Waals surface area contributed by atoms with Gasteiger partial charge in [0.2, 0.25) is 0 Å². The number of fused-ring (bicyclic) bond motifs is 2. The quantitative estimate of drug-likeness (QED) is 0.101. The zero-order chi connectivity index (χ0) is 41.5. The molecule has 2 aliphatic carbocycles. The van der Waals surface area contributed by atoms with Crippen LogP contribution in [0.3, 0.4) is 0 Å². The molecule has 7 heteroatoms. The number of nitrogens with zero attached hydrogens (tertiary/aromatic N) is 1. The number of hydrogen-bond donors (Lipinski definition) is 0. The normalized spacial score (nSPS) is 17.7. The molecule has 2 aliphatic rings. The van der Waals surface area contributed by atoms with Crippen LogP contribution in [0.5, 0.6) is 0 Å². The van der Waals surface area contributed by atoms with Gasteiger partial charge in [-0.05, 0) is 0 Å². The van der Waals surface area contributed by atoms with Crippen molar-refractivity contribution < 1.29 is 16.2 Å². The summed E-state index contributed by atoms with van der Waals surface area (Å²) in [6.07, 6.45) is 11.5. The van der Waals surface area contributed by atoms with Crippen LogP contribution in [-0.2, 0) is 29.0 Å². The van der Waals surface area contributed by atoms with Crippen LogP contribution in [0, 0.1) is 11.8 Å². The molecule has 0 fully saturated rings. The van der Waals surface area contributed by atoms with Crippen LogP contribution in [-0.4, -0.2) is 25.6 Å². The first kappa shape index (κ1) is 44.8. The number of rotatable bonds is 16. The third kappa shape index (κ3) is 9.02. The Balaban J connectivity index is 1.70. The zero-order valence-corrected chi connectivity index (χ0v) is 43.2. The van der Waals surface area contributed by atoms with Gasteiger partial charge in [0.1, 0.15) is 0 Å². The van der Waals surface area contributed by atoms with Crippen LogP contribution in [0.1, 0.15) is 108 Å². The fourth-order valence-corrected chi connectivity index (χ4v) is 52.9. The van der Waals surface area contributed by atoms with E-state index < -0.39 is 32.6 Å². The summed E-state index contributed by atoms with van der Waals surface area (Å²) in [6.45, 7) is 29.2. The topological polar surface area (TPSA) is 3.24 Å². The zero-order valence-electron chi connectivity index (χ0n) is 37.2. The minimum atomic E-state index is -5.36. The molecule has 0 saturated heterocycles. The van der Waals surface area contributed by atoms with Gasteiger partial charge in [-0.1, -0.05) is 0 Å². The molecular weight excluding hydrogens is 844 g/mol. The number of benzene rings is 4. The molecular formula is C50H69BCl2NSi2Zr. The van der Waals surface area contributed by atoms with E-state index in [4.69, 9.17) is 0 Å². The van der Waals surface area contributed by atoms with E-state index in [2.05, 4.69) is 182 Å². The van der Waals surface area contributed by atoms with Crippen LogP contribution in [0.2, 0.25) is 39.3 Å². The van der Waals surface area contributed by atoms with Crippen LogP contribution in [0.4, 0.5) is 0 Å². The van der Waals surface area contributed by atoms with Crippen molar-refractivity contribution in [3.8, 4) is 22.3 Å². The third-order valence-electron chi connectivity index (χ3n) is 12.5. The van der Waals surface area contributed by atoms with Crippen molar-refractivity contribution in [2.45, 2.75) is 127 Å². The SMILES string of the molecule is CCCc1ccccc1-c1cccc2c1C=C(CC(C)C)[CH]2[Zr]([Cl])([Cl])([BH]N([Si](C)(C)C)[Si](C)(C)C)[CH]1C(CC(C)C)=Cc2c(-c3ccccc3CCC)cccc21. The molecule has 303 valence electrons. The average molecular weight is 913 g/mol. The summed E-state index contributed by atoms with van der Waals surface area (Å²) >= 11 is -5.36. The summed E-state index contributed by atoms with van der Waals surface area (Å²) in [6, 6.07) is 32.3. The van der Waals surface area contributed by atoms with Crippen molar-refractivity contribution in [2.75, 3.05) is 0 Å². The number of hydrogen-bond acceptors (Lipinski definition) is 1. The van der Waals surface area contributed by atoms with Crippen molar-refractivity contribution in [1.29, 1.82) is 0 Å². The molecule has 2 unspecified atom stereocenters. The van der Waals surface area contributed by atoms with Crippen molar-refractivity contribution in [3.05, 3.63) is 129 Å². The van der Waals surface area contributed by atoms with Gasteiger partial charge in [0.15, 0.2) is 0 Å². The summed E-state index contributed by atoms with van der Waals surface area (Å²) in [5.74, 6) is 0.953. The van der Waals surface area contributed by atoms with Gasteiger partial charge in [0.05, 0.1) is 0 Å². The van der Waals surface area contributed by atoms with Gasteiger partial charge in [-0.2, -0.15) is 0 Å². The van der Waals surface area contributed by atoms with Gasteiger partial charge in [-0.15, -0.1) is 0 Å². The monoisotopic (exact) mass is 910 g/mol. The third-order valence-corrected chi connectivity index (χ3v) is 39.6. The molecule has 0 amide bonds. The molecule has 0 heterocycles. The van der Waals surface area contributed by atoms with E-state index >= 15 is 0 Å². The van der Waals surface area contributed by atoms with E-state index in [0.29, 0.717) is 11.8 Å². The molecule has 0 bridgehead atoms. The summed E-state index contributed by atoms with van der Waals surface area (Å²) in [4.78, 5) is 0.822. The average Bonchev–Trinajstić information content (AvgIpc) is 3.69. The predicted molar refractivity (Wildman–Crippen MR) is 259 cm³/mol. The Labute approximate surface area is 358 Å². The van der Waals surface area contributed by atoms with Crippen molar-refractivity contribution in [2.24, 2.45) is 11.8 Å². The minimum absolute atomic E-state index is 0.00297. The van der Waals surface area contributed by atoms with E-state index in [9.17, 15) is 17.0 Å². The summed E-state index contributed by atoms with van der Waals surface area (Å²) < 4.78 is 2.97. The Morgan fingerprint density at radius 1 is 0.561 bits per heavy atom. The van der Waals surface area contributed by atoms with E-state index in [1.807, 2.05) is 0 Å². The van der Waals surface area contributed by atoms with Gasteiger partial charge in [0, 0.05) is 0 Å². The summed E-state index contributed by atoms with van der Waals surface area (Å²) in [5, 5.41) is 0. The van der Waals surface area contributed by atoms with Crippen LogP contribution in [0.15, 0.2) is 96.1 Å². The Morgan fingerprint density at radius 2 is 0.930 bits per heavy atom.